The van der Waals surface area contributed by atoms with Crippen LogP contribution in [0.1, 0.15) is 52.4 Å². The van der Waals surface area contributed by atoms with Crippen molar-refractivity contribution in [1.82, 2.24) is 0 Å². The maximum atomic E-state index is 12.4. The number of ketones is 2. The quantitative estimate of drug-likeness (QED) is 0.563. The third kappa shape index (κ3) is 2.27. The highest BCUT2D eigenvalue weighted by atomic mass is 16.3. The van der Waals surface area contributed by atoms with Crippen LogP contribution in [-0.2, 0) is 9.59 Å². The van der Waals surface area contributed by atoms with Crippen molar-refractivity contribution in [3.05, 3.63) is 11.6 Å². The normalized spacial score (nSPS) is 51.9. The maximum absolute atomic E-state index is 12.4. The van der Waals surface area contributed by atoms with Crippen LogP contribution < -0.4 is 5.73 Å². The molecule has 3 fully saturated rings. The molecule has 4 aliphatic carbocycles. The van der Waals surface area contributed by atoms with Gasteiger partial charge in [-0.1, -0.05) is 19.4 Å². The fourth-order valence-electron chi connectivity index (χ4n) is 7.39. The number of hydrogen-bond acceptors (Lipinski definition) is 6. The molecule has 0 amide bonds. The molecule has 4 rings (SSSR count). The molecule has 4 aliphatic rings. The van der Waals surface area contributed by atoms with E-state index in [9.17, 15) is 24.9 Å². The minimum atomic E-state index is -1.58. The van der Waals surface area contributed by atoms with E-state index in [2.05, 4.69) is 6.92 Å². The van der Waals surface area contributed by atoms with Crippen LogP contribution in [0.15, 0.2) is 11.6 Å². The van der Waals surface area contributed by atoms with Crippen molar-refractivity contribution in [1.29, 1.82) is 0 Å². The molecule has 6 nitrogen and oxygen atoms in total. The van der Waals surface area contributed by atoms with E-state index in [-0.39, 0.29) is 29.6 Å². The lowest BCUT2D eigenvalue weighted by Crippen LogP contribution is -2.64. The Hall–Kier alpha value is -1.08. The van der Waals surface area contributed by atoms with Gasteiger partial charge in [-0.3, -0.25) is 9.59 Å². The van der Waals surface area contributed by atoms with Crippen molar-refractivity contribution >= 4 is 11.6 Å². The molecule has 1 unspecified atom stereocenters. The molecule has 0 bridgehead atoms. The van der Waals surface area contributed by atoms with Crippen LogP contribution in [0.4, 0.5) is 0 Å². The monoisotopic (exact) mass is 377 g/mol. The predicted molar refractivity (Wildman–Crippen MR) is 98.5 cm³/mol. The van der Waals surface area contributed by atoms with Gasteiger partial charge in [0.25, 0.3) is 0 Å². The first kappa shape index (κ1) is 19.2. The lowest BCUT2D eigenvalue weighted by atomic mass is 9.44. The van der Waals surface area contributed by atoms with E-state index >= 15 is 0 Å². The number of rotatable bonds is 2. The van der Waals surface area contributed by atoms with Crippen LogP contribution >= 0.6 is 0 Å². The van der Waals surface area contributed by atoms with Crippen molar-refractivity contribution in [2.75, 3.05) is 6.61 Å². The summed E-state index contributed by atoms with van der Waals surface area (Å²) in [6, 6.07) is -0.323. The van der Waals surface area contributed by atoms with E-state index in [0.29, 0.717) is 25.7 Å². The van der Waals surface area contributed by atoms with Gasteiger partial charge in [-0.25, -0.2) is 0 Å². The van der Waals surface area contributed by atoms with Gasteiger partial charge < -0.3 is 21.1 Å². The summed E-state index contributed by atoms with van der Waals surface area (Å²) >= 11 is 0. The Bertz CT molecular complexity index is 719. The fraction of sp³-hybridized carbons (Fsp3) is 0.810. The lowest BCUT2D eigenvalue weighted by molar-refractivity contribution is -0.183. The van der Waals surface area contributed by atoms with Gasteiger partial charge in [-0.15, -0.1) is 0 Å². The van der Waals surface area contributed by atoms with Crippen molar-refractivity contribution in [2.24, 2.45) is 34.3 Å². The summed E-state index contributed by atoms with van der Waals surface area (Å²) < 4.78 is 0. The Labute approximate surface area is 159 Å². The van der Waals surface area contributed by atoms with E-state index < -0.39 is 34.9 Å². The Balaban J connectivity index is 1.76. The van der Waals surface area contributed by atoms with Crippen LogP contribution in [0.3, 0.4) is 0 Å². The number of hydrogen-bond donors (Lipinski definition) is 4. The average Bonchev–Trinajstić information content (AvgIpc) is 2.87. The van der Waals surface area contributed by atoms with Crippen LogP contribution in [0.2, 0.25) is 0 Å². The molecule has 0 heterocycles. The number of fused-ring (bicyclic) bond motifs is 5. The first-order valence-electron chi connectivity index (χ1n) is 10.1. The summed E-state index contributed by atoms with van der Waals surface area (Å²) in [5.41, 5.74) is 4.75. The molecule has 3 saturated carbocycles. The average molecular weight is 377 g/mol. The number of carbonyl (C=O) groups is 2. The smallest absolute Gasteiger partial charge is 0.190 e. The van der Waals surface area contributed by atoms with E-state index in [1.54, 1.807) is 6.08 Å². The first-order chi connectivity index (χ1) is 12.6. The standard InChI is InChI=1S/C21H31NO5/c1-19-9-15(25)18-13(14(19)5-6-21(19,27)17(26)10-23)4-3-11-7-12(24)8-16(22)20(11,18)2/h7,13-16,18,23,25,27H,3-6,8-10,22H2,1-2H3/t13-,14-,15-,16?,18+,19-,20+,21-/m0/s1. The maximum Gasteiger partial charge on any atom is 0.190 e. The first-order valence-corrected chi connectivity index (χ1v) is 10.1. The summed E-state index contributed by atoms with van der Waals surface area (Å²) in [7, 11) is 0. The van der Waals surface area contributed by atoms with Gasteiger partial charge in [-0.05, 0) is 55.9 Å². The Kier molecular flexibility index (Phi) is 4.25. The van der Waals surface area contributed by atoms with Crippen molar-refractivity contribution in [3.63, 3.8) is 0 Å². The van der Waals surface area contributed by atoms with Crippen LogP contribution in [-0.4, -0.2) is 51.2 Å². The number of nitrogens with two attached hydrogens (primary N) is 1. The van der Waals surface area contributed by atoms with Crippen LogP contribution in [0.5, 0.6) is 0 Å². The number of carbonyl (C=O) groups excluding carboxylic acids is 2. The van der Waals surface area contributed by atoms with Gasteiger partial charge in [0, 0.05) is 23.3 Å². The Morgan fingerprint density at radius 1 is 1.33 bits per heavy atom. The summed E-state index contributed by atoms with van der Waals surface area (Å²) in [6.45, 7) is 3.30. The van der Waals surface area contributed by atoms with Gasteiger partial charge >= 0.3 is 0 Å². The molecule has 0 aromatic heterocycles. The van der Waals surface area contributed by atoms with Crippen molar-refractivity contribution in [3.8, 4) is 0 Å². The zero-order valence-electron chi connectivity index (χ0n) is 16.1. The fourth-order valence-corrected chi connectivity index (χ4v) is 7.39. The second-order valence-electron chi connectivity index (χ2n) is 9.73. The summed E-state index contributed by atoms with van der Waals surface area (Å²) in [5.74, 6) is -0.325. The molecule has 8 atom stereocenters. The van der Waals surface area contributed by atoms with E-state index in [1.165, 1.54) is 0 Å². The number of aliphatic hydroxyl groups is 3. The highest BCUT2D eigenvalue weighted by Gasteiger charge is 2.68. The molecule has 150 valence electrons. The molecular formula is C21H31NO5. The van der Waals surface area contributed by atoms with E-state index in [1.807, 2.05) is 6.92 Å². The number of aliphatic hydroxyl groups excluding tert-OH is 2. The topological polar surface area (TPSA) is 121 Å². The van der Waals surface area contributed by atoms with Crippen molar-refractivity contribution < 1.29 is 24.9 Å². The molecule has 0 aromatic carbocycles. The summed E-state index contributed by atoms with van der Waals surface area (Å²) in [4.78, 5) is 24.4. The second kappa shape index (κ2) is 5.96. The second-order valence-corrected chi connectivity index (χ2v) is 9.73. The van der Waals surface area contributed by atoms with E-state index in [4.69, 9.17) is 5.73 Å². The van der Waals surface area contributed by atoms with E-state index in [0.717, 1.165) is 18.4 Å². The highest BCUT2D eigenvalue weighted by Crippen LogP contribution is 2.67. The predicted octanol–water partition coefficient (Wildman–Crippen LogP) is 0.719. The summed E-state index contributed by atoms with van der Waals surface area (Å²) in [6.07, 6.45) is 4.26. The zero-order chi connectivity index (χ0) is 19.8. The van der Waals surface area contributed by atoms with Gasteiger partial charge in [0.2, 0.25) is 0 Å². The molecule has 6 heteroatoms. The summed E-state index contributed by atoms with van der Waals surface area (Å²) in [5, 5.41) is 31.8. The van der Waals surface area contributed by atoms with Gasteiger partial charge in [0.05, 0.1) is 6.10 Å². The van der Waals surface area contributed by atoms with Gasteiger partial charge in [0.1, 0.15) is 12.2 Å². The Morgan fingerprint density at radius 2 is 2.04 bits per heavy atom. The van der Waals surface area contributed by atoms with Gasteiger partial charge in [0.15, 0.2) is 11.6 Å². The minimum absolute atomic E-state index is 0.0624. The third-order valence-electron chi connectivity index (χ3n) is 8.87. The Morgan fingerprint density at radius 3 is 2.70 bits per heavy atom. The third-order valence-corrected chi connectivity index (χ3v) is 8.87. The zero-order valence-corrected chi connectivity index (χ0v) is 16.1. The molecule has 0 saturated heterocycles. The molecule has 0 radical (unpaired) electrons. The number of Topliss-reactive ketones (excluding diaryl/α,β-unsaturated/α-hetero) is 1. The van der Waals surface area contributed by atoms with Crippen LogP contribution in [0.25, 0.3) is 0 Å². The molecule has 0 spiro atoms. The molecular weight excluding hydrogens is 346 g/mol. The molecule has 27 heavy (non-hydrogen) atoms. The lowest BCUT2D eigenvalue weighted by Gasteiger charge is -2.61. The largest absolute Gasteiger partial charge is 0.393 e. The van der Waals surface area contributed by atoms with Crippen LogP contribution in [0, 0.1) is 28.6 Å². The highest BCUT2D eigenvalue weighted by molar-refractivity contribution is 5.92. The minimum Gasteiger partial charge on any atom is -0.393 e. The SMILES string of the molecule is C[C@]12C[C@H](O)[C@H]3[C@@H](CCC4=CC(=O)CC(N)[C@@]43C)[C@@H]1CC[C@]2(O)C(=O)CO. The molecule has 5 N–H and O–H groups in total. The van der Waals surface area contributed by atoms with Gasteiger partial charge in [-0.2, -0.15) is 0 Å². The van der Waals surface area contributed by atoms with Crippen molar-refractivity contribution in [2.45, 2.75) is 70.1 Å². The molecule has 0 aromatic rings. The molecule has 0 aliphatic heterocycles.